The monoisotopic (exact) mass is 576 g/mol. The lowest BCUT2D eigenvalue weighted by Gasteiger charge is -2.11. The second-order valence-electron chi connectivity index (χ2n) is 8.52. The maximum atomic E-state index is 12.3. The van der Waals surface area contributed by atoms with Crippen LogP contribution in [0.1, 0.15) is 36.2 Å². The van der Waals surface area contributed by atoms with Crippen LogP contribution in [0.4, 0.5) is 11.4 Å². The number of methoxy groups -OCH3 is 1. The van der Waals surface area contributed by atoms with Gasteiger partial charge in [0.05, 0.1) is 32.1 Å². The molecular weight excluding hydrogens is 544 g/mol. The van der Waals surface area contributed by atoms with Crippen molar-refractivity contribution in [2.45, 2.75) is 20.3 Å². The van der Waals surface area contributed by atoms with Gasteiger partial charge < -0.3 is 29.6 Å². The van der Waals surface area contributed by atoms with Crippen LogP contribution in [0.5, 0.6) is 17.2 Å². The molecule has 42 heavy (non-hydrogen) atoms. The number of carbonyl (C=O) groups is 4. The Hall–Kier alpha value is -5.39. The molecule has 3 amide bonds. The first kappa shape index (κ1) is 31.1. The van der Waals surface area contributed by atoms with Crippen molar-refractivity contribution in [3.05, 3.63) is 77.9 Å². The Morgan fingerprint density at radius 2 is 1.43 bits per heavy atom. The SMILES string of the molecule is CCOC(=O)c1ccc(NC(=O)COc2ccc(C=NNC(=O)CC(=O)Nc3ccc(OCC)cc3)cc2OC)cc1. The minimum absolute atomic E-state index is 0.273. The summed E-state index contributed by atoms with van der Waals surface area (Å²) in [6.45, 7) is 4.11. The second kappa shape index (κ2) is 16.0. The lowest BCUT2D eigenvalue weighted by molar-refractivity contribution is -0.126. The quantitative estimate of drug-likeness (QED) is 0.113. The third-order valence-corrected chi connectivity index (χ3v) is 5.40. The highest BCUT2D eigenvalue weighted by atomic mass is 16.5. The molecule has 0 unspecified atom stereocenters. The molecule has 0 aliphatic carbocycles. The highest BCUT2D eigenvalue weighted by molar-refractivity contribution is 6.03. The molecule has 3 N–H and O–H groups in total. The number of esters is 1. The molecule has 0 aromatic heterocycles. The summed E-state index contributed by atoms with van der Waals surface area (Å²) in [5.74, 6) is -0.605. The Kier molecular flexibility index (Phi) is 11.9. The zero-order valence-electron chi connectivity index (χ0n) is 23.5. The summed E-state index contributed by atoms with van der Waals surface area (Å²) in [6.07, 6.45) is 0.958. The average Bonchev–Trinajstić information content (AvgIpc) is 2.98. The van der Waals surface area contributed by atoms with E-state index in [0.29, 0.717) is 46.4 Å². The summed E-state index contributed by atoms with van der Waals surface area (Å²) in [5, 5.41) is 9.19. The maximum Gasteiger partial charge on any atom is 0.338 e. The van der Waals surface area contributed by atoms with Gasteiger partial charge in [-0.2, -0.15) is 5.10 Å². The number of amides is 3. The number of hydrogen-bond acceptors (Lipinski definition) is 9. The van der Waals surface area contributed by atoms with Gasteiger partial charge in [-0.05, 0) is 86.1 Å². The fourth-order valence-corrected chi connectivity index (χ4v) is 3.50. The van der Waals surface area contributed by atoms with Crippen molar-refractivity contribution >= 4 is 41.3 Å². The standard InChI is InChI=1S/C30H32N4O8/c1-4-40-24-13-11-23(12-14-24)32-27(35)17-28(36)34-31-18-20-6-15-25(26(16-20)39-3)42-19-29(37)33-22-9-7-21(8-10-22)30(38)41-5-2/h6-16,18H,4-5,17,19H2,1-3H3,(H,32,35)(H,33,37)(H,34,36). The molecule has 3 aromatic carbocycles. The summed E-state index contributed by atoms with van der Waals surface area (Å²) >= 11 is 0. The first-order valence-electron chi connectivity index (χ1n) is 13.0. The number of nitrogens with zero attached hydrogens (tertiary/aromatic N) is 1. The van der Waals surface area contributed by atoms with Gasteiger partial charge in [0.2, 0.25) is 11.8 Å². The van der Waals surface area contributed by atoms with Gasteiger partial charge in [0.25, 0.3) is 5.91 Å². The molecule has 3 rings (SSSR count). The Balaban J connectivity index is 1.45. The predicted molar refractivity (Wildman–Crippen MR) is 156 cm³/mol. The van der Waals surface area contributed by atoms with Crippen LogP contribution in [0.25, 0.3) is 0 Å². The normalized spacial score (nSPS) is 10.5. The highest BCUT2D eigenvalue weighted by Crippen LogP contribution is 2.27. The number of nitrogens with one attached hydrogen (secondary N) is 3. The van der Waals surface area contributed by atoms with Crippen molar-refractivity contribution in [2.24, 2.45) is 5.10 Å². The molecule has 0 aliphatic heterocycles. The lowest BCUT2D eigenvalue weighted by atomic mass is 10.2. The van der Waals surface area contributed by atoms with Crippen molar-refractivity contribution in [1.82, 2.24) is 5.43 Å². The fourth-order valence-electron chi connectivity index (χ4n) is 3.50. The van der Waals surface area contributed by atoms with E-state index in [-0.39, 0.29) is 13.2 Å². The molecule has 12 heteroatoms. The number of ether oxygens (including phenoxy) is 4. The number of hydrazone groups is 1. The smallest absolute Gasteiger partial charge is 0.338 e. The second-order valence-corrected chi connectivity index (χ2v) is 8.52. The van der Waals surface area contributed by atoms with Crippen molar-refractivity contribution in [2.75, 3.05) is 37.6 Å². The van der Waals surface area contributed by atoms with Gasteiger partial charge in [-0.1, -0.05) is 0 Å². The highest BCUT2D eigenvalue weighted by Gasteiger charge is 2.12. The zero-order chi connectivity index (χ0) is 30.3. The summed E-state index contributed by atoms with van der Waals surface area (Å²) < 4.78 is 21.2. The van der Waals surface area contributed by atoms with E-state index >= 15 is 0 Å². The molecule has 0 radical (unpaired) electrons. The lowest BCUT2D eigenvalue weighted by Crippen LogP contribution is -2.24. The molecule has 0 spiro atoms. The van der Waals surface area contributed by atoms with Crippen LogP contribution in [0.15, 0.2) is 71.8 Å². The van der Waals surface area contributed by atoms with Crippen LogP contribution in [0.3, 0.4) is 0 Å². The van der Waals surface area contributed by atoms with Crippen LogP contribution in [-0.2, 0) is 19.1 Å². The minimum Gasteiger partial charge on any atom is -0.494 e. The van der Waals surface area contributed by atoms with Crippen LogP contribution in [-0.4, -0.2) is 56.8 Å². The van der Waals surface area contributed by atoms with Gasteiger partial charge in [0.1, 0.15) is 12.2 Å². The molecule has 0 heterocycles. The van der Waals surface area contributed by atoms with Crippen molar-refractivity contribution < 1.29 is 38.1 Å². The molecule has 0 atom stereocenters. The third kappa shape index (κ3) is 9.97. The molecule has 0 saturated carbocycles. The van der Waals surface area contributed by atoms with Gasteiger partial charge in [-0.15, -0.1) is 0 Å². The molecular formula is C30H32N4O8. The molecule has 12 nitrogen and oxygen atoms in total. The van der Waals surface area contributed by atoms with Crippen LogP contribution >= 0.6 is 0 Å². The number of hydrogen-bond donors (Lipinski definition) is 3. The van der Waals surface area contributed by atoms with Crippen LogP contribution in [0, 0.1) is 0 Å². The molecule has 0 saturated heterocycles. The van der Waals surface area contributed by atoms with E-state index in [1.54, 1.807) is 73.7 Å². The fraction of sp³-hybridized carbons (Fsp3) is 0.233. The number of anilines is 2. The molecule has 0 bridgehead atoms. The van der Waals surface area contributed by atoms with E-state index in [1.807, 2.05) is 6.92 Å². The number of carbonyl (C=O) groups excluding carboxylic acids is 4. The van der Waals surface area contributed by atoms with E-state index in [2.05, 4.69) is 21.2 Å². The number of rotatable bonds is 14. The summed E-state index contributed by atoms with van der Waals surface area (Å²) in [7, 11) is 1.44. The Morgan fingerprint density at radius 1 is 0.762 bits per heavy atom. The van der Waals surface area contributed by atoms with Crippen molar-refractivity contribution in [3.63, 3.8) is 0 Å². The maximum absolute atomic E-state index is 12.3. The van der Waals surface area contributed by atoms with E-state index in [0.717, 1.165) is 0 Å². The first-order chi connectivity index (χ1) is 20.3. The summed E-state index contributed by atoms with van der Waals surface area (Å²) in [4.78, 5) is 48.3. The van der Waals surface area contributed by atoms with Crippen LogP contribution in [0.2, 0.25) is 0 Å². The molecule has 220 valence electrons. The van der Waals surface area contributed by atoms with E-state index in [1.165, 1.54) is 13.3 Å². The molecule has 3 aromatic rings. The van der Waals surface area contributed by atoms with Gasteiger partial charge in [-0.25, -0.2) is 10.2 Å². The van der Waals surface area contributed by atoms with E-state index < -0.39 is 30.1 Å². The Bertz CT molecular complexity index is 1410. The molecule has 0 fully saturated rings. The largest absolute Gasteiger partial charge is 0.494 e. The third-order valence-electron chi connectivity index (χ3n) is 5.40. The average molecular weight is 577 g/mol. The number of benzene rings is 3. The van der Waals surface area contributed by atoms with E-state index in [4.69, 9.17) is 18.9 Å². The van der Waals surface area contributed by atoms with Crippen molar-refractivity contribution in [3.8, 4) is 17.2 Å². The van der Waals surface area contributed by atoms with Gasteiger partial charge in [0.15, 0.2) is 18.1 Å². The van der Waals surface area contributed by atoms with Crippen LogP contribution < -0.4 is 30.3 Å². The predicted octanol–water partition coefficient (Wildman–Crippen LogP) is 3.77. The van der Waals surface area contributed by atoms with Gasteiger partial charge in [0, 0.05) is 11.4 Å². The molecule has 0 aliphatic rings. The van der Waals surface area contributed by atoms with Gasteiger partial charge in [-0.3, -0.25) is 14.4 Å². The Morgan fingerprint density at radius 3 is 2.07 bits per heavy atom. The van der Waals surface area contributed by atoms with Crippen molar-refractivity contribution in [1.29, 1.82) is 0 Å². The summed E-state index contributed by atoms with van der Waals surface area (Å²) in [6, 6.07) is 17.9. The minimum atomic E-state index is -0.594. The topological polar surface area (TPSA) is 154 Å². The summed E-state index contributed by atoms with van der Waals surface area (Å²) in [5.41, 5.74) is 4.29. The first-order valence-corrected chi connectivity index (χ1v) is 13.0. The van der Waals surface area contributed by atoms with E-state index in [9.17, 15) is 19.2 Å². The van der Waals surface area contributed by atoms with Gasteiger partial charge >= 0.3 is 5.97 Å². The Labute approximate surface area is 243 Å². The zero-order valence-corrected chi connectivity index (χ0v) is 23.5.